The Labute approximate surface area is 153 Å². The number of nitrogens with zero attached hydrogens (tertiary/aromatic N) is 3. The number of carbonyl (C=O) groups is 1. The molecule has 0 radical (unpaired) electrons. The van der Waals surface area contributed by atoms with Crippen molar-refractivity contribution in [3.05, 3.63) is 71.8 Å². The van der Waals surface area contributed by atoms with Crippen molar-refractivity contribution in [1.82, 2.24) is 9.91 Å². The number of hydrogen-bond donors (Lipinski definition) is 0. The first kappa shape index (κ1) is 16.9. The highest BCUT2D eigenvalue weighted by Crippen LogP contribution is 2.32. The third-order valence-corrected chi connectivity index (χ3v) is 4.92. The molecule has 5 nitrogen and oxygen atoms in total. The Morgan fingerprint density at radius 2 is 1.65 bits per heavy atom. The lowest BCUT2D eigenvalue weighted by atomic mass is 9.98. The van der Waals surface area contributed by atoms with Gasteiger partial charge in [-0.15, -0.1) is 0 Å². The van der Waals surface area contributed by atoms with Gasteiger partial charge in [0.05, 0.1) is 31.5 Å². The van der Waals surface area contributed by atoms with Gasteiger partial charge >= 0.3 is 0 Å². The van der Waals surface area contributed by atoms with Gasteiger partial charge < -0.3 is 4.74 Å². The van der Waals surface area contributed by atoms with E-state index in [1.807, 2.05) is 36.4 Å². The summed E-state index contributed by atoms with van der Waals surface area (Å²) in [7, 11) is 0. The highest BCUT2D eigenvalue weighted by Gasteiger charge is 2.33. The van der Waals surface area contributed by atoms with Gasteiger partial charge in [0.15, 0.2) is 0 Å². The Balaban J connectivity index is 1.58. The van der Waals surface area contributed by atoms with Gasteiger partial charge in [-0.3, -0.25) is 9.69 Å². The molecular weight excluding hydrogens is 326 g/mol. The maximum Gasteiger partial charge on any atom is 0.257 e. The molecule has 0 aromatic heterocycles. The molecule has 0 unspecified atom stereocenters. The number of benzene rings is 2. The van der Waals surface area contributed by atoms with Gasteiger partial charge in [0.2, 0.25) is 0 Å². The van der Waals surface area contributed by atoms with Gasteiger partial charge in [-0.2, -0.15) is 5.10 Å². The van der Waals surface area contributed by atoms with Crippen LogP contribution in [0.2, 0.25) is 0 Å². The molecule has 2 aromatic carbocycles. The van der Waals surface area contributed by atoms with Crippen LogP contribution in [0.4, 0.5) is 0 Å². The first-order valence-electron chi connectivity index (χ1n) is 9.11. The van der Waals surface area contributed by atoms with E-state index in [1.54, 1.807) is 5.01 Å². The van der Waals surface area contributed by atoms with E-state index in [2.05, 4.69) is 29.2 Å². The van der Waals surface area contributed by atoms with Gasteiger partial charge in [-0.1, -0.05) is 60.7 Å². The smallest absolute Gasteiger partial charge is 0.257 e. The fraction of sp³-hybridized carbons (Fsp3) is 0.333. The van der Waals surface area contributed by atoms with Gasteiger partial charge in [-0.05, 0) is 11.1 Å². The summed E-state index contributed by atoms with van der Waals surface area (Å²) in [4.78, 5) is 15.2. The Bertz CT molecular complexity index is 770. The molecule has 4 rings (SSSR count). The molecule has 2 aliphatic rings. The number of ether oxygens (including phenoxy) is 1. The zero-order valence-electron chi connectivity index (χ0n) is 14.8. The summed E-state index contributed by atoms with van der Waals surface area (Å²) in [6, 6.07) is 20.2. The van der Waals surface area contributed by atoms with E-state index in [9.17, 15) is 4.79 Å². The Morgan fingerprint density at radius 1 is 1.00 bits per heavy atom. The fourth-order valence-electron chi connectivity index (χ4n) is 3.50. The van der Waals surface area contributed by atoms with E-state index in [0.29, 0.717) is 19.8 Å². The lowest BCUT2D eigenvalue weighted by Gasteiger charge is -2.29. The average molecular weight is 349 g/mol. The second-order valence-electron chi connectivity index (χ2n) is 6.67. The Kier molecular flexibility index (Phi) is 5.09. The number of carbonyl (C=O) groups excluding carboxylic acids is 1. The largest absolute Gasteiger partial charge is 0.379 e. The molecule has 134 valence electrons. The molecule has 0 bridgehead atoms. The molecule has 0 spiro atoms. The van der Waals surface area contributed by atoms with Crippen molar-refractivity contribution < 1.29 is 9.53 Å². The van der Waals surface area contributed by atoms with E-state index in [0.717, 1.165) is 36.3 Å². The van der Waals surface area contributed by atoms with Crippen LogP contribution in [0.5, 0.6) is 0 Å². The van der Waals surface area contributed by atoms with Gasteiger partial charge in [0.25, 0.3) is 5.91 Å². The molecule has 1 atom stereocenters. The lowest BCUT2D eigenvalue weighted by Crippen LogP contribution is -2.43. The number of rotatable bonds is 4. The number of hydrogen-bond acceptors (Lipinski definition) is 4. The lowest BCUT2D eigenvalue weighted by molar-refractivity contribution is -0.135. The van der Waals surface area contributed by atoms with Crippen molar-refractivity contribution in [2.75, 3.05) is 32.8 Å². The predicted octanol–water partition coefficient (Wildman–Crippen LogP) is 2.70. The van der Waals surface area contributed by atoms with Gasteiger partial charge in [0, 0.05) is 19.5 Å². The normalized spacial score (nSPS) is 20.8. The van der Waals surface area contributed by atoms with Gasteiger partial charge in [0.1, 0.15) is 0 Å². The Morgan fingerprint density at radius 3 is 2.35 bits per heavy atom. The van der Waals surface area contributed by atoms with Crippen molar-refractivity contribution in [2.45, 2.75) is 12.5 Å². The third-order valence-electron chi connectivity index (χ3n) is 4.92. The minimum absolute atomic E-state index is 0.0417. The van der Waals surface area contributed by atoms with Crippen molar-refractivity contribution in [2.24, 2.45) is 5.10 Å². The molecule has 5 heteroatoms. The van der Waals surface area contributed by atoms with Crippen LogP contribution in [0.25, 0.3) is 0 Å². The van der Waals surface area contributed by atoms with Crippen molar-refractivity contribution >= 4 is 11.6 Å². The van der Waals surface area contributed by atoms with Crippen LogP contribution in [0, 0.1) is 0 Å². The quantitative estimate of drug-likeness (QED) is 0.853. The summed E-state index contributed by atoms with van der Waals surface area (Å²) in [5.41, 5.74) is 3.17. The molecular formula is C21H23N3O2. The van der Waals surface area contributed by atoms with Crippen LogP contribution < -0.4 is 0 Å². The first-order chi connectivity index (χ1) is 12.8. The molecule has 2 heterocycles. The average Bonchev–Trinajstić information content (AvgIpc) is 3.16. The molecule has 0 saturated carbocycles. The third kappa shape index (κ3) is 3.69. The SMILES string of the molecule is O=C(CN1CCOCC1)N1N=C(c2ccccc2)C[C@H]1c1ccccc1. The summed E-state index contributed by atoms with van der Waals surface area (Å²) in [5.74, 6) is 0.0479. The van der Waals surface area contributed by atoms with Crippen LogP contribution in [0.1, 0.15) is 23.6 Å². The van der Waals surface area contributed by atoms with Crippen molar-refractivity contribution in [3.63, 3.8) is 0 Å². The summed E-state index contributed by atoms with van der Waals surface area (Å²) < 4.78 is 5.38. The summed E-state index contributed by atoms with van der Waals surface area (Å²) in [5, 5.41) is 6.41. The van der Waals surface area contributed by atoms with E-state index in [4.69, 9.17) is 9.84 Å². The maximum atomic E-state index is 13.0. The van der Waals surface area contributed by atoms with Crippen LogP contribution in [0.3, 0.4) is 0 Å². The molecule has 2 aromatic rings. The second-order valence-corrected chi connectivity index (χ2v) is 6.67. The van der Waals surface area contributed by atoms with Crippen molar-refractivity contribution in [1.29, 1.82) is 0 Å². The topological polar surface area (TPSA) is 45.1 Å². The molecule has 1 fully saturated rings. The van der Waals surface area contributed by atoms with E-state index < -0.39 is 0 Å². The predicted molar refractivity (Wildman–Crippen MR) is 101 cm³/mol. The highest BCUT2D eigenvalue weighted by atomic mass is 16.5. The fourth-order valence-corrected chi connectivity index (χ4v) is 3.50. The molecule has 1 amide bonds. The number of amides is 1. The minimum atomic E-state index is -0.0417. The van der Waals surface area contributed by atoms with E-state index in [-0.39, 0.29) is 11.9 Å². The number of morpholine rings is 1. The second kappa shape index (κ2) is 7.81. The first-order valence-corrected chi connectivity index (χ1v) is 9.11. The van der Waals surface area contributed by atoms with Crippen LogP contribution >= 0.6 is 0 Å². The number of hydrazone groups is 1. The van der Waals surface area contributed by atoms with Crippen LogP contribution in [0.15, 0.2) is 65.8 Å². The minimum Gasteiger partial charge on any atom is -0.379 e. The summed E-state index contributed by atoms with van der Waals surface area (Å²) >= 11 is 0. The summed E-state index contributed by atoms with van der Waals surface area (Å²) in [6.45, 7) is 3.36. The molecule has 0 N–H and O–H groups in total. The molecule has 26 heavy (non-hydrogen) atoms. The van der Waals surface area contributed by atoms with E-state index >= 15 is 0 Å². The molecule has 0 aliphatic carbocycles. The zero-order valence-corrected chi connectivity index (χ0v) is 14.8. The van der Waals surface area contributed by atoms with Crippen LogP contribution in [-0.4, -0.2) is 54.4 Å². The van der Waals surface area contributed by atoms with Gasteiger partial charge in [-0.25, -0.2) is 5.01 Å². The Hall–Kier alpha value is -2.50. The van der Waals surface area contributed by atoms with Crippen molar-refractivity contribution in [3.8, 4) is 0 Å². The monoisotopic (exact) mass is 349 g/mol. The van der Waals surface area contributed by atoms with Crippen LogP contribution in [-0.2, 0) is 9.53 Å². The molecule has 1 saturated heterocycles. The zero-order chi connectivity index (χ0) is 17.8. The highest BCUT2D eigenvalue weighted by molar-refractivity contribution is 6.03. The van der Waals surface area contributed by atoms with E-state index in [1.165, 1.54) is 0 Å². The molecule has 2 aliphatic heterocycles. The summed E-state index contributed by atoms with van der Waals surface area (Å²) in [6.07, 6.45) is 0.739. The standard InChI is InChI=1S/C21H23N3O2/c25-21(16-23-11-13-26-14-12-23)24-20(18-9-5-2-6-10-18)15-19(22-24)17-7-3-1-4-8-17/h1-10,20H,11-16H2/t20-/m0/s1. The maximum absolute atomic E-state index is 13.0.